The fraction of sp³-hybridized carbons (Fsp3) is 0.641. The molecule has 0 aliphatic rings. The van der Waals surface area contributed by atoms with Crippen LogP contribution >= 0.6 is 0 Å². The Hall–Kier alpha value is -4.19. The third-order valence-electron chi connectivity index (χ3n) is 11.7. The Morgan fingerprint density at radius 3 is 1.03 bits per heavy atom. The zero-order chi connectivity index (χ0) is 50.7. The highest BCUT2D eigenvalue weighted by molar-refractivity contribution is 5.72. The van der Waals surface area contributed by atoms with Crippen molar-refractivity contribution in [2.24, 2.45) is 0 Å². The van der Waals surface area contributed by atoms with E-state index < -0.39 is 12.1 Å². The molecule has 70 heavy (non-hydrogen) atoms. The van der Waals surface area contributed by atoms with Gasteiger partial charge in [0.05, 0.1) is 6.42 Å². The maximum Gasteiger partial charge on any atom is 0.309 e. The van der Waals surface area contributed by atoms with Gasteiger partial charge < -0.3 is 14.2 Å². The number of esters is 3. The molecule has 0 bridgehead atoms. The van der Waals surface area contributed by atoms with Gasteiger partial charge in [0.2, 0.25) is 0 Å². The van der Waals surface area contributed by atoms with E-state index in [0.29, 0.717) is 12.8 Å². The molecule has 0 saturated heterocycles. The SMILES string of the molecule is CC/C=C\C/C=C\C/C=C\C/C=C\C/C=C\CC(=O)OCC(COC(=O)CCCCCCCC/C=C\C/C=C\C/C=C\CCCCC)OC(=O)CCCCCCCCC/C=C\C/C=C\CCCCCC. The second-order valence-electron chi connectivity index (χ2n) is 18.5. The van der Waals surface area contributed by atoms with Crippen LogP contribution in [0.15, 0.2) is 122 Å². The summed E-state index contributed by atoms with van der Waals surface area (Å²) in [6.07, 6.45) is 79.2. The molecule has 1 unspecified atom stereocenters. The first-order valence-electron chi connectivity index (χ1n) is 28.5. The van der Waals surface area contributed by atoms with Gasteiger partial charge in [-0.05, 0) is 116 Å². The minimum atomic E-state index is -0.832. The Morgan fingerprint density at radius 1 is 0.314 bits per heavy atom. The highest BCUT2D eigenvalue weighted by atomic mass is 16.6. The molecule has 0 spiro atoms. The summed E-state index contributed by atoms with van der Waals surface area (Å²) in [6, 6.07) is 0. The van der Waals surface area contributed by atoms with Gasteiger partial charge in [-0.1, -0.05) is 232 Å². The van der Waals surface area contributed by atoms with Crippen molar-refractivity contribution in [3.05, 3.63) is 122 Å². The van der Waals surface area contributed by atoms with Gasteiger partial charge in [0, 0.05) is 12.8 Å². The van der Waals surface area contributed by atoms with E-state index in [1.165, 1.54) is 96.3 Å². The first-order chi connectivity index (χ1) is 34.5. The molecule has 396 valence electrons. The van der Waals surface area contributed by atoms with Gasteiger partial charge in [0.15, 0.2) is 6.10 Å². The molecule has 6 nitrogen and oxygen atoms in total. The molecule has 1 atom stereocenters. The monoisotopic (exact) mass is 969 g/mol. The van der Waals surface area contributed by atoms with Crippen LogP contribution in [0.1, 0.15) is 245 Å². The van der Waals surface area contributed by atoms with E-state index in [9.17, 15) is 14.4 Å². The number of carbonyl (C=O) groups excluding carboxylic acids is 3. The van der Waals surface area contributed by atoms with E-state index in [2.05, 4.69) is 130 Å². The predicted molar refractivity (Wildman–Crippen MR) is 302 cm³/mol. The van der Waals surface area contributed by atoms with Crippen LogP contribution in [0.4, 0.5) is 0 Å². The number of hydrogen-bond donors (Lipinski definition) is 0. The lowest BCUT2D eigenvalue weighted by molar-refractivity contribution is -0.166. The van der Waals surface area contributed by atoms with Crippen LogP contribution in [0.3, 0.4) is 0 Å². The van der Waals surface area contributed by atoms with Gasteiger partial charge in [0.25, 0.3) is 0 Å². The van der Waals surface area contributed by atoms with E-state index in [1.54, 1.807) is 6.08 Å². The van der Waals surface area contributed by atoms with Crippen molar-refractivity contribution in [1.82, 2.24) is 0 Å². The number of unbranched alkanes of at least 4 members (excludes halogenated alkanes) is 20. The number of rotatable bonds is 50. The third kappa shape index (κ3) is 54.7. The van der Waals surface area contributed by atoms with Crippen molar-refractivity contribution >= 4 is 17.9 Å². The van der Waals surface area contributed by atoms with Gasteiger partial charge in [-0.2, -0.15) is 0 Å². The number of ether oxygens (including phenoxy) is 3. The molecule has 6 heteroatoms. The van der Waals surface area contributed by atoms with Gasteiger partial charge in [-0.3, -0.25) is 14.4 Å². The van der Waals surface area contributed by atoms with E-state index in [0.717, 1.165) is 109 Å². The standard InChI is InChI=1S/C64H104O6/c1-4-7-10-13-16-19-22-25-28-30-32-34-36-39-42-45-48-51-54-57-63(66)69-60-61(59-68-62(65)56-53-50-47-44-41-38-35-27-24-21-18-15-12-9-6-3)70-64(67)58-55-52-49-46-43-40-37-33-31-29-26-23-20-17-14-11-8-5-2/h9,12,16,18-21,23,25,27-29,31-32,34-35,41,44,50,53,61H,4-8,10-11,13-15,17,22,24,26,30,33,36-40,42-43,45-49,51-52,54-60H2,1-3H3/b12-9-,19-16-,21-18-,23-20-,28-25-,31-29-,34-32-,35-27-,44-41-,53-50-. The lowest BCUT2D eigenvalue weighted by atomic mass is 10.1. The molecular formula is C64H104O6. The average molecular weight is 970 g/mol. The molecule has 0 amide bonds. The van der Waals surface area contributed by atoms with Crippen LogP contribution < -0.4 is 0 Å². The zero-order valence-corrected chi connectivity index (χ0v) is 45.2. The van der Waals surface area contributed by atoms with E-state index >= 15 is 0 Å². The van der Waals surface area contributed by atoms with Gasteiger partial charge in [-0.15, -0.1) is 0 Å². The Morgan fingerprint density at radius 2 is 0.614 bits per heavy atom. The molecule has 0 N–H and O–H groups in total. The molecule has 0 aliphatic heterocycles. The lowest BCUT2D eigenvalue weighted by Crippen LogP contribution is -2.30. The third-order valence-corrected chi connectivity index (χ3v) is 11.7. The summed E-state index contributed by atoms with van der Waals surface area (Å²) in [6.45, 7) is 6.37. The van der Waals surface area contributed by atoms with Crippen molar-refractivity contribution in [2.45, 2.75) is 252 Å². The smallest absolute Gasteiger partial charge is 0.309 e. The Kier molecular flexibility index (Phi) is 54.0. The predicted octanol–water partition coefficient (Wildman–Crippen LogP) is 19.3. The van der Waals surface area contributed by atoms with Crippen LogP contribution in [0.25, 0.3) is 0 Å². The Balaban J connectivity index is 4.54. The number of hydrogen-bond acceptors (Lipinski definition) is 6. The van der Waals surface area contributed by atoms with Gasteiger partial charge in [-0.25, -0.2) is 0 Å². The first kappa shape index (κ1) is 65.8. The summed E-state index contributed by atoms with van der Waals surface area (Å²) < 4.78 is 16.7. The molecule has 0 saturated carbocycles. The van der Waals surface area contributed by atoms with E-state index in [4.69, 9.17) is 14.2 Å². The molecule has 0 rings (SSSR count). The number of carbonyl (C=O) groups is 3. The minimum Gasteiger partial charge on any atom is -0.462 e. The maximum absolute atomic E-state index is 12.9. The highest BCUT2D eigenvalue weighted by Gasteiger charge is 2.19. The summed E-state index contributed by atoms with van der Waals surface area (Å²) in [5.74, 6) is -1.08. The quantitative estimate of drug-likeness (QED) is 0.0262. The van der Waals surface area contributed by atoms with Crippen molar-refractivity contribution in [2.75, 3.05) is 13.2 Å². The van der Waals surface area contributed by atoms with Crippen LogP contribution in [0, 0.1) is 0 Å². The first-order valence-corrected chi connectivity index (χ1v) is 28.5. The highest BCUT2D eigenvalue weighted by Crippen LogP contribution is 2.13. The second kappa shape index (κ2) is 57.4. The molecule has 0 aliphatic carbocycles. The molecule has 0 aromatic rings. The van der Waals surface area contributed by atoms with Crippen molar-refractivity contribution in [3.63, 3.8) is 0 Å². The summed E-state index contributed by atoms with van der Waals surface area (Å²) in [5, 5.41) is 0. The zero-order valence-electron chi connectivity index (χ0n) is 45.2. The van der Waals surface area contributed by atoms with Crippen LogP contribution in [0.2, 0.25) is 0 Å². The van der Waals surface area contributed by atoms with Crippen molar-refractivity contribution in [1.29, 1.82) is 0 Å². The Labute approximate surface area is 431 Å². The summed E-state index contributed by atoms with van der Waals surface area (Å²) in [5.41, 5.74) is 0. The molecular weight excluding hydrogens is 865 g/mol. The van der Waals surface area contributed by atoms with Crippen LogP contribution in [0.5, 0.6) is 0 Å². The molecule has 0 fully saturated rings. The second-order valence-corrected chi connectivity index (χ2v) is 18.5. The molecule has 0 aromatic heterocycles. The maximum atomic E-state index is 12.9. The van der Waals surface area contributed by atoms with Gasteiger partial charge >= 0.3 is 17.9 Å². The van der Waals surface area contributed by atoms with E-state index in [1.807, 2.05) is 6.08 Å². The van der Waals surface area contributed by atoms with Crippen LogP contribution in [-0.2, 0) is 28.6 Å². The average Bonchev–Trinajstić information content (AvgIpc) is 3.36. The summed E-state index contributed by atoms with van der Waals surface area (Å²) >= 11 is 0. The summed E-state index contributed by atoms with van der Waals surface area (Å²) in [4.78, 5) is 38.1. The topological polar surface area (TPSA) is 78.9 Å². The van der Waals surface area contributed by atoms with Crippen molar-refractivity contribution < 1.29 is 28.6 Å². The van der Waals surface area contributed by atoms with Crippen molar-refractivity contribution in [3.8, 4) is 0 Å². The van der Waals surface area contributed by atoms with Crippen LogP contribution in [-0.4, -0.2) is 37.2 Å². The fourth-order valence-corrected chi connectivity index (χ4v) is 7.43. The Bertz CT molecular complexity index is 1490. The molecule has 0 aromatic carbocycles. The number of allylic oxidation sites excluding steroid dienone is 19. The lowest BCUT2D eigenvalue weighted by Gasteiger charge is -2.18. The normalized spacial score (nSPS) is 13.0. The summed E-state index contributed by atoms with van der Waals surface area (Å²) in [7, 11) is 0. The largest absolute Gasteiger partial charge is 0.462 e. The van der Waals surface area contributed by atoms with Gasteiger partial charge in [0.1, 0.15) is 13.2 Å². The van der Waals surface area contributed by atoms with E-state index in [-0.39, 0.29) is 31.6 Å². The molecule has 0 heterocycles. The minimum absolute atomic E-state index is 0.119. The molecule has 0 radical (unpaired) electrons. The fourth-order valence-electron chi connectivity index (χ4n) is 7.43.